The molecule has 2 aromatic rings. The van der Waals surface area contributed by atoms with E-state index < -0.39 is 11.9 Å². The quantitative estimate of drug-likeness (QED) is 0.463. The van der Waals surface area contributed by atoms with Crippen molar-refractivity contribution in [3.05, 3.63) is 62.1 Å². The number of nitrogens with one attached hydrogen (secondary N) is 1. The smallest absolute Gasteiger partial charge is 0.261 e. The third-order valence-electron chi connectivity index (χ3n) is 4.45. The van der Waals surface area contributed by atoms with Crippen LogP contribution in [-0.4, -0.2) is 35.9 Å². The minimum absolute atomic E-state index is 0.114. The fraction of sp³-hybridized carbons (Fsp3) is 0.364. The van der Waals surface area contributed by atoms with Crippen molar-refractivity contribution in [2.24, 2.45) is 5.92 Å². The fourth-order valence-electron chi connectivity index (χ4n) is 2.68. The van der Waals surface area contributed by atoms with Crippen LogP contribution >= 0.6 is 46.4 Å². The van der Waals surface area contributed by atoms with Gasteiger partial charge >= 0.3 is 0 Å². The predicted octanol–water partition coefficient (Wildman–Crippen LogP) is 5.87. The minimum Gasteiger partial charge on any atom is -0.482 e. The number of carbonyl (C=O) groups is 2. The van der Waals surface area contributed by atoms with E-state index in [2.05, 4.69) is 5.32 Å². The van der Waals surface area contributed by atoms with Gasteiger partial charge in [0.15, 0.2) is 6.61 Å². The summed E-state index contributed by atoms with van der Waals surface area (Å²) >= 11 is 24.3. The van der Waals surface area contributed by atoms with Crippen molar-refractivity contribution in [3.8, 4) is 5.75 Å². The lowest BCUT2D eigenvalue weighted by atomic mass is 10.1. The maximum Gasteiger partial charge on any atom is 0.261 e. The van der Waals surface area contributed by atoms with Gasteiger partial charge in [-0.3, -0.25) is 9.59 Å². The molecule has 2 aromatic carbocycles. The lowest BCUT2D eigenvalue weighted by molar-refractivity contribution is -0.142. The van der Waals surface area contributed by atoms with Crippen molar-refractivity contribution in [2.75, 3.05) is 13.2 Å². The van der Waals surface area contributed by atoms with Crippen LogP contribution in [-0.2, 0) is 16.1 Å². The molecule has 0 aliphatic heterocycles. The lowest BCUT2D eigenvalue weighted by Crippen LogP contribution is -2.49. The van der Waals surface area contributed by atoms with Crippen LogP contribution in [0.4, 0.5) is 0 Å². The lowest BCUT2D eigenvalue weighted by Gasteiger charge is -2.29. The number of amides is 2. The Labute approximate surface area is 202 Å². The molecule has 0 saturated carbocycles. The van der Waals surface area contributed by atoms with Crippen LogP contribution in [0.5, 0.6) is 5.75 Å². The molecule has 2 rings (SSSR count). The summed E-state index contributed by atoms with van der Waals surface area (Å²) in [5.74, 6) is -0.0666. The first-order chi connectivity index (χ1) is 14.6. The van der Waals surface area contributed by atoms with Crippen LogP contribution in [0.3, 0.4) is 0 Å². The predicted molar refractivity (Wildman–Crippen MR) is 126 cm³/mol. The van der Waals surface area contributed by atoms with Gasteiger partial charge in [0.1, 0.15) is 11.8 Å². The van der Waals surface area contributed by atoms with Crippen LogP contribution in [0.2, 0.25) is 20.1 Å². The first kappa shape index (κ1) is 25.6. The minimum atomic E-state index is -0.748. The largest absolute Gasteiger partial charge is 0.482 e. The molecule has 0 aromatic heterocycles. The Morgan fingerprint density at radius 2 is 1.58 bits per heavy atom. The topological polar surface area (TPSA) is 58.6 Å². The number of benzene rings is 2. The molecule has 2 amide bonds. The molecule has 168 valence electrons. The zero-order chi connectivity index (χ0) is 23.1. The molecule has 1 N–H and O–H groups in total. The summed E-state index contributed by atoms with van der Waals surface area (Å²) < 4.78 is 5.58. The van der Waals surface area contributed by atoms with Crippen LogP contribution < -0.4 is 10.1 Å². The molecule has 0 radical (unpaired) electrons. The molecular weight excluding hydrogens is 482 g/mol. The van der Waals surface area contributed by atoms with Crippen LogP contribution in [0.25, 0.3) is 0 Å². The van der Waals surface area contributed by atoms with E-state index in [1.807, 2.05) is 13.8 Å². The monoisotopic (exact) mass is 504 g/mol. The van der Waals surface area contributed by atoms with Gasteiger partial charge in [-0.15, -0.1) is 0 Å². The highest BCUT2D eigenvalue weighted by molar-refractivity contribution is 6.35. The Hall–Kier alpha value is -1.66. The summed E-state index contributed by atoms with van der Waals surface area (Å²) in [6.07, 6.45) is 0. The van der Waals surface area contributed by atoms with Gasteiger partial charge in [-0.1, -0.05) is 66.3 Å². The van der Waals surface area contributed by atoms with Crippen molar-refractivity contribution in [1.29, 1.82) is 0 Å². The summed E-state index contributed by atoms with van der Waals surface area (Å²) in [6, 6.07) is 8.96. The maximum atomic E-state index is 13.0. The molecule has 0 unspecified atom stereocenters. The molecule has 0 aliphatic rings. The van der Waals surface area contributed by atoms with Crippen molar-refractivity contribution in [2.45, 2.75) is 33.4 Å². The Bertz CT molecular complexity index is 937. The molecule has 0 spiro atoms. The van der Waals surface area contributed by atoms with Crippen LogP contribution in [0, 0.1) is 5.92 Å². The number of hydrogen-bond donors (Lipinski definition) is 1. The molecule has 0 heterocycles. The summed E-state index contributed by atoms with van der Waals surface area (Å²) in [5.41, 5.74) is 0.660. The highest BCUT2D eigenvalue weighted by Gasteiger charge is 2.27. The number of carbonyl (C=O) groups excluding carboxylic acids is 2. The fourth-order valence-corrected chi connectivity index (χ4v) is 3.61. The second-order valence-corrected chi connectivity index (χ2v) is 9.12. The normalized spacial score (nSPS) is 11.9. The van der Waals surface area contributed by atoms with E-state index in [1.165, 1.54) is 11.0 Å². The third kappa shape index (κ3) is 7.76. The average molecular weight is 506 g/mol. The van der Waals surface area contributed by atoms with Crippen molar-refractivity contribution >= 4 is 58.2 Å². The van der Waals surface area contributed by atoms with E-state index in [4.69, 9.17) is 51.1 Å². The maximum absolute atomic E-state index is 13.0. The van der Waals surface area contributed by atoms with E-state index in [1.54, 1.807) is 37.3 Å². The first-order valence-electron chi connectivity index (χ1n) is 9.67. The van der Waals surface area contributed by atoms with Gasteiger partial charge in [-0.2, -0.15) is 0 Å². The molecule has 0 bridgehead atoms. The summed E-state index contributed by atoms with van der Waals surface area (Å²) in [5, 5.41) is 4.48. The van der Waals surface area contributed by atoms with Crippen molar-refractivity contribution in [3.63, 3.8) is 0 Å². The van der Waals surface area contributed by atoms with Gasteiger partial charge in [0.2, 0.25) is 5.91 Å². The molecule has 1 atom stereocenters. The second kappa shape index (κ2) is 11.8. The Balaban J connectivity index is 2.20. The van der Waals surface area contributed by atoms with E-state index in [0.29, 0.717) is 32.9 Å². The molecular formula is C22H24Cl4N2O3. The first-order valence-corrected chi connectivity index (χ1v) is 11.2. The molecule has 31 heavy (non-hydrogen) atoms. The van der Waals surface area contributed by atoms with Crippen LogP contribution in [0.1, 0.15) is 26.3 Å². The van der Waals surface area contributed by atoms with E-state index in [9.17, 15) is 9.59 Å². The highest BCUT2D eigenvalue weighted by atomic mass is 35.5. The van der Waals surface area contributed by atoms with Gasteiger partial charge in [0, 0.05) is 28.2 Å². The SMILES string of the molecule is CC(C)CNC(=O)[C@H](C)N(Cc1ccc(Cl)cc1Cl)C(=O)COc1ccc(Cl)cc1Cl. The molecule has 0 fully saturated rings. The summed E-state index contributed by atoms with van der Waals surface area (Å²) in [4.78, 5) is 27.1. The Kier molecular flexibility index (Phi) is 9.76. The van der Waals surface area contributed by atoms with Gasteiger partial charge in [-0.05, 0) is 48.7 Å². The average Bonchev–Trinajstić information content (AvgIpc) is 2.70. The number of rotatable bonds is 9. The van der Waals surface area contributed by atoms with Gasteiger partial charge in [-0.25, -0.2) is 0 Å². The van der Waals surface area contributed by atoms with Crippen molar-refractivity contribution in [1.82, 2.24) is 10.2 Å². The zero-order valence-corrected chi connectivity index (χ0v) is 20.4. The number of nitrogens with zero attached hydrogens (tertiary/aromatic N) is 1. The molecule has 0 saturated heterocycles. The third-order valence-corrected chi connectivity index (χ3v) is 5.57. The van der Waals surface area contributed by atoms with Crippen molar-refractivity contribution < 1.29 is 14.3 Å². The highest BCUT2D eigenvalue weighted by Crippen LogP contribution is 2.28. The van der Waals surface area contributed by atoms with Gasteiger partial charge < -0.3 is 15.0 Å². The van der Waals surface area contributed by atoms with Gasteiger partial charge in [0.05, 0.1) is 5.02 Å². The number of hydrogen-bond acceptors (Lipinski definition) is 3. The summed E-state index contributed by atoms with van der Waals surface area (Å²) in [7, 11) is 0. The zero-order valence-electron chi connectivity index (χ0n) is 17.4. The molecule has 9 heteroatoms. The second-order valence-electron chi connectivity index (χ2n) is 7.44. The molecule has 0 aliphatic carbocycles. The molecule has 5 nitrogen and oxygen atoms in total. The number of ether oxygens (including phenoxy) is 1. The standard InChI is InChI=1S/C22H24Cl4N2O3/c1-13(2)10-27-22(30)14(3)28(11-15-4-5-16(23)8-18(15)25)21(29)12-31-20-7-6-17(24)9-19(20)26/h4-9,13-14H,10-12H2,1-3H3,(H,27,30)/t14-/m0/s1. The van der Waals surface area contributed by atoms with E-state index in [-0.39, 0.29) is 30.0 Å². The number of halogens is 4. The van der Waals surface area contributed by atoms with E-state index >= 15 is 0 Å². The summed E-state index contributed by atoms with van der Waals surface area (Å²) in [6.45, 7) is 5.95. The Morgan fingerprint density at radius 3 is 2.16 bits per heavy atom. The van der Waals surface area contributed by atoms with Crippen LogP contribution in [0.15, 0.2) is 36.4 Å². The Morgan fingerprint density at radius 1 is 0.968 bits per heavy atom. The van der Waals surface area contributed by atoms with Gasteiger partial charge in [0.25, 0.3) is 5.91 Å². The van der Waals surface area contributed by atoms with E-state index in [0.717, 1.165) is 0 Å².